The number of rotatable bonds is 5. The van der Waals surface area contributed by atoms with Crippen molar-refractivity contribution in [3.05, 3.63) is 60.0 Å². The first-order chi connectivity index (χ1) is 14.1. The van der Waals surface area contributed by atoms with Crippen LogP contribution in [0.25, 0.3) is 11.1 Å². The second kappa shape index (κ2) is 8.34. The van der Waals surface area contributed by atoms with E-state index in [-0.39, 0.29) is 24.5 Å². The van der Waals surface area contributed by atoms with Crippen molar-refractivity contribution in [3.8, 4) is 0 Å². The van der Waals surface area contributed by atoms with Gasteiger partial charge in [0.2, 0.25) is 5.91 Å². The van der Waals surface area contributed by atoms with Crippen molar-refractivity contribution in [1.29, 1.82) is 0 Å². The Balaban J connectivity index is 1.26. The summed E-state index contributed by atoms with van der Waals surface area (Å²) in [6.45, 7) is 2.02. The summed E-state index contributed by atoms with van der Waals surface area (Å²) in [4.78, 5) is 28.9. The number of ether oxygens (including phenoxy) is 1. The predicted molar refractivity (Wildman–Crippen MR) is 108 cm³/mol. The number of carbonyl (C=O) groups is 2. The van der Waals surface area contributed by atoms with Gasteiger partial charge in [-0.1, -0.05) is 30.3 Å². The topological polar surface area (TPSA) is 93.5 Å². The van der Waals surface area contributed by atoms with E-state index in [1.54, 1.807) is 13.0 Å². The molecule has 1 aromatic heterocycles. The van der Waals surface area contributed by atoms with Gasteiger partial charge in [-0.3, -0.25) is 4.79 Å². The third kappa shape index (κ3) is 4.74. The lowest BCUT2D eigenvalue weighted by Gasteiger charge is -2.14. The number of aromatic nitrogens is 1. The van der Waals surface area contributed by atoms with Crippen LogP contribution >= 0.6 is 0 Å². The quantitative estimate of drug-likeness (QED) is 0.679. The van der Waals surface area contributed by atoms with Crippen molar-refractivity contribution in [1.82, 2.24) is 10.3 Å². The van der Waals surface area contributed by atoms with Crippen LogP contribution in [0.3, 0.4) is 0 Å². The van der Waals surface area contributed by atoms with Crippen molar-refractivity contribution in [2.75, 3.05) is 5.32 Å². The highest BCUT2D eigenvalue weighted by molar-refractivity contribution is 5.94. The van der Waals surface area contributed by atoms with Crippen molar-refractivity contribution in [2.24, 2.45) is 5.92 Å². The van der Waals surface area contributed by atoms with E-state index >= 15 is 0 Å². The minimum Gasteiger partial charge on any atom is -0.445 e. The third-order valence-corrected chi connectivity index (χ3v) is 5.10. The van der Waals surface area contributed by atoms with E-state index in [1.807, 2.05) is 42.5 Å². The Morgan fingerprint density at radius 3 is 2.83 bits per heavy atom. The van der Waals surface area contributed by atoms with E-state index in [0.29, 0.717) is 23.6 Å². The molecule has 7 heteroatoms. The molecule has 0 spiro atoms. The van der Waals surface area contributed by atoms with E-state index in [1.165, 1.54) is 0 Å². The summed E-state index contributed by atoms with van der Waals surface area (Å²) in [5, 5.41) is 5.80. The zero-order chi connectivity index (χ0) is 20.2. The first kappa shape index (κ1) is 19.0. The maximum atomic E-state index is 12.6. The number of anilines is 1. The first-order valence-electron chi connectivity index (χ1n) is 9.72. The van der Waals surface area contributed by atoms with Gasteiger partial charge in [-0.2, -0.15) is 0 Å². The monoisotopic (exact) mass is 393 g/mol. The van der Waals surface area contributed by atoms with Gasteiger partial charge in [0.15, 0.2) is 11.5 Å². The fourth-order valence-corrected chi connectivity index (χ4v) is 3.64. The van der Waals surface area contributed by atoms with Gasteiger partial charge in [-0.15, -0.1) is 0 Å². The molecule has 3 aromatic rings. The number of carbonyl (C=O) groups excluding carboxylic acids is 2. The van der Waals surface area contributed by atoms with Crippen LogP contribution in [0.1, 0.15) is 30.7 Å². The Labute approximate surface area is 168 Å². The van der Waals surface area contributed by atoms with Gasteiger partial charge in [0.1, 0.15) is 12.1 Å². The van der Waals surface area contributed by atoms with Crippen molar-refractivity contribution in [2.45, 2.75) is 38.8 Å². The second-order valence-corrected chi connectivity index (χ2v) is 7.32. The molecule has 1 aliphatic carbocycles. The van der Waals surface area contributed by atoms with Crippen LogP contribution in [-0.4, -0.2) is 23.0 Å². The number of hydrogen-bond donors (Lipinski definition) is 2. The Kier molecular flexibility index (Phi) is 5.46. The van der Waals surface area contributed by atoms with Crippen LogP contribution in [0.5, 0.6) is 0 Å². The zero-order valence-electron chi connectivity index (χ0n) is 16.2. The van der Waals surface area contributed by atoms with Gasteiger partial charge >= 0.3 is 6.09 Å². The molecule has 2 atom stereocenters. The number of aryl methyl sites for hydroxylation is 1. The lowest BCUT2D eigenvalue weighted by atomic mass is 10.1. The summed E-state index contributed by atoms with van der Waals surface area (Å²) in [5.41, 5.74) is 3.02. The predicted octanol–water partition coefficient (Wildman–Crippen LogP) is 4.17. The summed E-state index contributed by atoms with van der Waals surface area (Å²) in [6.07, 6.45) is 1.61. The largest absolute Gasteiger partial charge is 0.445 e. The molecule has 2 amide bonds. The number of oxazole rings is 1. The molecule has 0 aliphatic heterocycles. The highest BCUT2D eigenvalue weighted by atomic mass is 16.5. The lowest BCUT2D eigenvalue weighted by molar-refractivity contribution is -0.119. The molecule has 1 fully saturated rings. The standard InChI is InChI=1S/C22H23N3O4/c1-14-23-19-10-9-18(12-20(19)29-14)24-21(26)16-7-8-17(11-16)25-22(27)28-13-15-5-3-2-4-6-15/h2-6,9-10,12,16-17H,7-8,11,13H2,1H3,(H,24,26)(H,25,27)/t16-,17-/m1/s1. The molecule has 0 unspecified atom stereocenters. The molecule has 29 heavy (non-hydrogen) atoms. The van der Waals surface area contributed by atoms with Gasteiger partial charge < -0.3 is 19.8 Å². The summed E-state index contributed by atoms with van der Waals surface area (Å²) < 4.78 is 10.8. The Bertz CT molecular complexity index is 1020. The normalized spacial score (nSPS) is 18.5. The molecule has 0 bridgehead atoms. The van der Waals surface area contributed by atoms with Gasteiger partial charge in [0.05, 0.1) is 0 Å². The molecule has 1 heterocycles. The van der Waals surface area contributed by atoms with Crippen molar-refractivity contribution < 1.29 is 18.7 Å². The van der Waals surface area contributed by atoms with E-state index in [0.717, 1.165) is 23.9 Å². The van der Waals surface area contributed by atoms with Crippen molar-refractivity contribution >= 4 is 28.8 Å². The minimum atomic E-state index is -0.453. The maximum Gasteiger partial charge on any atom is 0.407 e. The van der Waals surface area contributed by atoms with Gasteiger partial charge in [0, 0.05) is 30.6 Å². The summed E-state index contributed by atoms with van der Waals surface area (Å²) >= 11 is 0. The lowest BCUT2D eigenvalue weighted by Crippen LogP contribution is -2.34. The molecule has 150 valence electrons. The molecular weight excluding hydrogens is 370 g/mol. The van der Waals surface area contributed by atoms with Crippen LogP contribution in [-0.2, 0) is 16.1 Å². The van der Waals surface area contributed by atoms with Crippen LogP contribution < -0.4 is 10.6 Å². The van der Waals surface area contributed by atoms with Crippen LogP contribution in [0.2, 0.25) is 0 Å². The Morgan fingerprint density at radius 2 is 2.00 bits per heavy atom. The van der Waals surface area contributed by atoms with E-state index in [2.05, 4.69) is 15.6 Å². The van der Waals surface area contributed by atoms with Crippen LogP contribution in [0.4, 0.5) is 10.5 Å². The number of fused-ring (bicyclic) bond motifs is 1. The number of nitrogens with zero attached hydrogens (tertiary/aromatic N) is 1. The van der Waals surface area contributed by atoms with E-state index < -0.39 is 6.09 Å². The Hall–Kier alpha value is -3.35. The number of nitrogens with one attached hydrogen (secondary N) is 2. The molecule has 1 aliphatic rings. The van der Waals surface area contributed by atoms with E-state index in [9.17, 15) is 9.59 Å². The number of benzene rings is 2. The van der Waals surface area contributed by atoms with Crippen LogP contribution in [0, 0.1) is 12.8 Å². The average Bonchev–Trinajstić information content (AvgIpc) is 3.32. The minimum absolute atomic E-state index is 0.0532. The molecule has 2 N–H and O–H groups in total. The number of hydrogen-bond acceptors (Lipinski definition) is 5. The van der Waals surface area contributed by atoms with Crippen molar-refractivity contribution in [3.63, 3.8) is 0 Å². The van der Waals surface area contributed by atoms with E-state index in [4.69, 9.17) is 9.15 Å². The second-order valence-electron chi connectivity index (χ2n) is 7.32. The molecule has 7 nitrogen and oxygen atoms in total. The van der Waals surface area contributed by atoms with Gasteiger partial charge in [0.25, 0.3) is 0 Å². The summed E-state index contributed by atoms with van der Waals surface area (Å²) in [6, 6.07) is 14.9. The SMILES string of the molecule is Cc1nc2ccc(NC(=O)[C@@H]3CC[C@@H](NC(=O)OCc4ccccc4)C3)cc2o1. The average molecular weight is 393 g/mol. The smallest absolute Gasteiger partial charge is 0.407 e. The molecule has 4 rings (SSSR count). The Morgan fingerprint density at radius 1 is 1.17 bits per heavy atom. The highest BCUT2D eigenvalue weighted by Crippen LogP contribution is 2.28. The number of alkyl carbamates (subject to hydrolysis) is 1. The van der Waals surface area contributed by atoms with Gasteiger partial charge in [-0.05, 0) is 37.0 Å². The molecule has 0 saturated heterocycles. The summed E-state index contributed by atoms with van der Waals surface area (Å²) in [5.74, 6) is 0.386. The molecule has 0 radical (unpaired) electrons. The fraction of sp³-hybridized carbons (Fsp3) is 0.318. The zero-order valence-corrected chi connectivity index (χ0v) is 16.2. The molecule has 1 saturated carbocycles. The fourth-order valence-electron chi connectivity index (χ4n) is 3.64. The maximum absolute atomic E-state index is 12.6. The molecule has 2 aromatic carbocycles. The number of amides is 2. The highest BCUT2D eigenvalue weighted by Gasteiger charge is 2.31. The third-order valence-electron chi connectivity index (χ3n) is 5.10. The first-order valence-corrected chi connectivity index (χ1v) is 9.72. The van der Waals surface area contributed by atoms with Crippen LogP contribution in [0.15, 0.2) is 52.9 Å². The summed E-state index contributed by atoms with van der Waals surface area (Å²) in [7, 11) is 0. The van der Waals surface area contributed by atoms with Gasteiger partial charge in [-0.25, -0.2) is 9.78 Å². The molecular formula is C22H23N3O4.